The molecule has 0 saturated carbocycles. The van der Waals surface area contributed by atoms with E-state index in [0.29, 0.717) is 16.7 Å². The molecule has 1 atom stereocenters. The summed E-state index contributed by atoms with van der Waals surface area (Å²) in [5.41, 5.74) is 3.00. The largest absolute Gasteiger partial charge is 0.376 e. The second-order valence-electron chi connectivity index (χ2n) is 6.23. The van der Waals surface area contributed by atoms with Gasteiger partial charge < -0.3 is 15.0 Å². The standard InChI is InChI=1S/C19H22ClN3OS/c1-14-7-8-15(20)11-18(14)22-19(25)23(13-17-6-4-10-24-17)12-16-5-2-3-9-21-16/h2-3,5,7-9,11,17H,4,6,10,12-13H2,1H3,(H,22,25)/t17-/m0/s1. The van der Waals surface area contributed by atoms with Crippen molar-refractivity contribution in [2.45, 2.75) is 32.4 Å². The summed E-state index contributed by atoms with van der Waals surface area (Å²) in [6.07, 6.45) is 4.19. The Morgan fingerprint density at radius 1 is 1.40 bits per heavy atom. The minimum Gasteiger partial charge on any atom is -0.376 e. The Morgan fingerprint density at radius 2 is 2.28 bits per heavy atom. The zero-order chi connectivity index (χ0) is 17.6. The normalized spacial score (nSPS) is 16.6. The SMILES string of the molecule is Cc1ccc(Cl)cc1NC(=S)N(Cc1ccccn1)C[C@@H]1CCCO1. The molecule has 1 saturated heterocycles. The number of aryl methyl sites for hydroxylation is 1. The predicted molar refractivity (Wildman–Crippen MR) is 106 cm³/mol. The van der Waals surface area contributed by atoms with Gasteiger partial charge in [-0.05, 0) is 61.8 Å². The van der Waals surface area contributed by atoms with Gasteiger partial charge in [-0.15, -0.1) is 0 Å². The Labute approximate surface area is 159 Å². The number of anilines is 1. The maximum atomic E-state index is 6.12. The Bertz CT molecular complexity index is 720. The lowest BCUT2D eigenvalue weighted by Crippen LogP contribution is -2.39. The monoisotopic (exact) mass is 375 g/mol. The van der Waals surface area contributed by atoms with Gasteiger partial charge in [0.05, 0.1) is 18.3 Å². The number of benzene rings is 1. The molecular weight excluding hydrogens is 354 g/mol. The number of nitrogens with one attached hydrogen (secondary N) is 1. The lowest BCUT2D eigenvalue weighted by atomic mass is 10.2. The lowest BCUT2D eigenvalue weighted by molar-refractivity contribution is 0.0903. The molecule has 1 aromatic carbocycles. The van der Waals surface area contributed by atoms with Crippen LogP contribution < -0.4 is 5.32 Å². The summed E-state index contributed by atoms with van der Waals surface area (Å²) < 4.78 is 5.79. The van der Waals surface area contributed by atoms with Crippen LogP contribution in [0.2, 0.25) is 5.02 Å². The third-order valence-electron chi connectivity index (χ3n) is 4.26. The van der Waals surface area contributed by atoms with Crippen molar-refractivity contribution in [2.75, 3.05) is 18.5 Å². The second-order valence-corrected chi connectivity index (χ2v) is 7.05. The molecule has 1 N–H and O–H groups in total. The lowest BCUT2D eigenvalue weighted by Gasteiger charge is -2.28. The fraction of sp³-hybridized carbons (Fsp3) is 0.368. The van der Waals surface area contributed by atoms with Crippen LogP contribution in [-0.2, 0) is 11.3 Å². The van der Waals surface area contributed by atoms with Crippen molar-refractivity contribution in [3.8, 4) is 0 Å². The average Bonchev–Trinajstić information content (AvgIpc) is 3.11. The quantitative estimate of drug-likeness (QED) is 0.783. The number of ether oxygens (including phenoxy) is 1. The Kier molecular flexibility index (Phi) is 6.24. The van der Waals surface area contributed by atoms with Crippen LogP contribution in [0.4, 0.5) is 5.69 Å². The summed E-state index contributed by atoms with van der Waals surface area (Å²) >= 11 is 11.8. The number of nitrogens with zero attached hydrogens (tertiary/aromatic N) is 2. The van der Waals surface area contributed by atoms with Crippen molar-refractivity contribution in [2.24, 2.45) is 0 Å². The van der Waals surface area contributed by atoms with Gasteiger partial charge in [0.1, 0.15) is 0 Å². The van der Waals surface area contributed by atoms with E-state index in [1.54, 1.807) is 6.20 Å². The zero-order valence-corrected chi connectivity index (χ0v) is 15.8. The van der Waals surface area contributed by atoms with E-state index in [2.05, 4.69) is 15.2 Å². The topological polar surface area (TPSA) is 37.4 Å². The second kappa shape index (κ2) is 8.61. The van der Waals surface area contributed by atoms with Crippen molar-refractivity contribution in [3.05, 3.63) is 58.9 Å². The van der Waals surface area contributed by atoms with Crippen molar-refractivity contribution < 1.29 is 4.74 Å². The molecule has 0 aliphatic carbocycles. The van der Waals surface area contributed by atoms with Gasteiger partial charge in [0.15, 0.2) is 5.11 Å². The molecule has 132 valence electrons. The van der Waals surface area contributed by atoms with Gasteiger partial charge in [-0.2, -0.15) is 0 Å². The first kappa shape index (κ1) is 18.1. The molecule has 6 heteroatoms. The van der Waals surface area contributed by atoms with Crippen molar-refractivity contribution in [1.82, 2.24) is 9.88 Å². The average molecular weight is 376 g/mol. The molecule has 0 radical (unpaired) electrons. The number of hydrogen-bond acceptors (Lipinski definition) is 3. The molecule has 25 heavy (non-hydrogen) atoms. The van der Waals surface area contributed by atoms with E-state index in [1.165, 1.54) is 0 Å². The van der Waals surface area contributed by atoms with E-state index in [4.69, 9.17) is 28.6 Å². The highest BCUT2D eigenvalue weighted by Gasteiger charge is 2.21. The summed E-state index contributed by atoms with van der Waals surface area (Å²) in [5, 5.41) is 4.68. The van der Waals surface area contributed by atoms with E-state index in [0.717, 1.165) is 42.9 Å². The first-order chi connectivity index (χ1) is 12.1. The minimum atomic E-state index is 0.212. The van der Waals surface area contributed by atoms with Crippen LogP contribution in [0.25, 0.3) is 0 Å². The summed E-state index contributed by atoms with van der Waals surface area (Å²) in [7, 11) is 0. The molecule has 0 bridgehead atoms. The van der Waals surface area contributed by atoms with E-state index in [9.17, 15) is 0 Å². The van der Waals surface area contributed by atoms with Gasteiger partial charge >= 0.3 is 0 Å². The highest BCUT2D eigenvalue weighted by atomic mass is 35.5. The van der Waals surface area contributed by atoms with Crippen LogP contribution in [0, 0.1) is 6.92 Å². The number of rotatable bonds is 5. The molecule has 1 fully saturated rings. The Morgan fingerprint density at radius 3 is 3.00 bits per heavy atom. The van der Waals surface area contributed by atoms with E-state index >= 15 is 0 Å². The molecule has 4 nitrogen and oxygen atoms in total. The maximum Gasteiger partial charge on any atom is 0.173 e. The predicted octanol–water partition coefficient (Wildman–Crippen LogP) is 4.42. The van der Waals surface area contributed by atoms with Gasteiger partial charge in [0.2, 0.25) is 0 Å². The van der Waals surface area contributed by atoms with Crippen LogP contribution in [0.5, 0.6) is 0 Å². The third kappa shape index (κ3) is 5.14. The third-order valence-corrected chi connectivity index (χ3v) is 4.85. The molecule has 1 aliphatic heterocycles. The molecule has 1 aromatic heterocycles. The van der Waals surface area contributed by atoms with Gasteiger partial charge in [-0.25, -0.2) is 0 Å². The fourth-order valence-electron chi connectivity index (χ4n) is 2.86. The van der Waals surface area contributed by atoms with Crippen LogP contribution in [0.15, 0.2) is 42.6 Å². The molecule has 0 unspecified atom stereocenters. The van der Waals surface area contributed by atoms with Crippen LogP contribution in [-0.4, -0.2) is 34.3 Å². The summed E-state index contributed by atoms with van der Waals surface area (Å²) in [4.78, 5) is 6.54. The zero-order valence-electron chi connectivity index (χ0n) is 14.2. The molecule has 0 spiro atoms. The van der Waals surface area contributed by atoms with Gasteiger partial charge in [-0.1, -0.05) is 23.7 Å². The van der Waals surface area contributed by atoms with E-state index in [1.807, 2.05) is 43.3 Å². The number of halogens is 1. The Hall–Kier alpha value is -1.69. The molecule has 3 rings (SSSR count). The molecule has 1 aliphatic rings. The molecular formula is C19H22ClN3OS. The van der Waals surface area contributed by atoms with Crippen molar-refractivity contribution in [3.63, 3.8) is 0 Å². The maximum absolute atomic E-state index is 6.12. The highest BCUT2D eigenvalue weighted by molar-refractivity contribution is 7.80. The number of pyridine rings is 1. The van der Waals surface area contributed by atoms with Gasteiger partial charge in [0, 0.05) is 30.1 Å². The van der Waals surface area contributed by atoms with Crippen molar-refractivity contribution in [1.29, 1.82) is 0 Å². The van der Waals surface area contributed by atoms with Crippen LogP contribution in [0.3, 0.4) is 0 Å². The minimum absolute atomic E-state index is 0.212. The van der Waals surface area contributed by atoms with E-state index < -0.39 is 0 Å². The number of hydrogen-bond donors (Lipinski definition) is 1. The number of thiocarbonyl (C=S) groups is 1. The van der Waals surface area contributed by atoms with Gasteiger partial charge in [0.25, 0.3) is 0 Å². The first-order valence-electron chi connectivity index (χ1n) is 8.45. The molecule has 0 amide bonds. The first-order valence-corrected chi connectivity index (χ1v) is 9.24. The van der Waals surface area contributed by atoms with Crippen LogP contribution >= 0.6 is 23.8 Å². The molecule has 2 heterocycles. The summed E-state index contributed by atoms with van der Waals surface area (Å²) in [5.74, 6) is 0. The van der Waals surface area contributed by atoms with E-state index in [-0.39, 0.29) is 6.10 Å². The smallest absolute Gasteiger partial charge is 0.173 e. The highest BCUT2D eigenvalue weighted by Crippen LogP contribution is 2.22. The summed E-state index contributed by atoms with van der Waals surface area (Å²) in [6, 6.07) is 11.7. The Balaban J connectivity index is 1.74. The molecule has 2 aromatic rings. The number of aromatic nitrogens is 1. The van der Waals surface area contributed by atoms with Crippen molar-refractivity contribution >= 4 is 34.6 Å². The summed E-state index contributed by atoms with van der Waals surface area (Å²) in [6.45, 7) is 4.26. The fourth-order valence-corrected chi connectivity index (χ4v) is 3.28. The van der Waals surface area contributed by atoms with Crippen LogP contribution in [0.1, 0.15) is 24.1 Å². The van der Waals surface area contributed by atoms with Gasteiger partial charge in [-0.3, -0.25) is 4.98 Å².